The first-order valence-electron chi connectivity index (χ1n) is 6.81. The average molecular weight is 276 g/mol. The van der Waals surface area contributed by atoms with E-state index in [1.807, 2.05) is 0 Å². The van der Waals surface area contributed by atoms with Crippen molar-refractivity contribution in [3.63, 3.8) is 0 Å². The molecule has 1 aliphatic heterocycles. The maximum Gasteiger partial charge on any atom is 0.254 e. The zero-order valence-corrected chi connectivity index (χ0v) is 11.7. The van der Waals surface area contributed by atoms with Gasteiger partial charge in [0.05, 0.1) is 5.69 Å². The molecule has 0 aromatic carbocycles. The highest BCUT2D eigenvalue weighted by Crippen LogP contribution is 2.10. The van der Waals surface area contributed by atoms with E-state index in [4.69, 9.17) is 5.73 Å². The Kier molecular flexibility index (Phi) is 4.68. The third kappa shape index (κ3) is 3.33. The van der Waals surface area contributed by atoms with Gasteiger partial charge in [-0.1, -0.05) is 0 Å². The van der Waals surface area contributed by atoms with Crippen molar-refractivity contribution in [1.82, 2.24) is 14.8 Å². The van der Waals surface area contributed by atoms with Crippen LogP contribution in [0.3, 0.4) is 0 Å². The van der Waals surface area contributed by atoms with Gasteiger partial charge in [0, 0.05) is 51.4 Å². The molecule has 1 aliphatic rings. The van der Waals surface area contributed by atoms with Gasteiger partial charge < -0.3 is 15.5 Å². The van der Waals surface area contributed by atoms with Crippen molar-refractivity contribution in [2.75, 3.05) is 26.2 Å². The highest BCUT2D eigenvalue weighted by Gasteiger charge is 2.21. The second kappa shape index (κ2) is 6.47. The molecule has 0 radical (unpaired) electrons. The molecule has 1 aromatic rings. The largest absolute Gasteiger partial charge is 0.341 e. The van der Waals surface area contributed by atoms with Gasteiger partial charge in [-0.25, -0.2) is 0 Å². The van der Waals surface area contributed by atoms with Crippen molar-refractivity contribution in [2.24, 2.45) is 5.73 Å². The normalized spacial score (nSPS) is 15.9. The molecule has 6 nitrogen and oxygen atoms in total. The number of nitrogens with zero attached hydrogens (tertiary/aromatic N) is 3. The summed E-state index contributed by atoms with van der Waals surface area (Å²) in [6.45, 7) is 4.42. The summed E-state index contributed by atoms with van der Waals surface area (Å²) in [4.78, 5) is 31.5. The summed E-state index contributed by atoms with van der Waals surface area (Å²) in [5.41, 5.74) is 6.85. The Balaban J connectivity index is 2.07. The first-order valence-corrected chi connectivity index (χ1v) is 6.81. The fourth-order valence-electron chi connectivity index (χ4n) is 2.34. The minimum atomic E-state index is -0.0208. The van der Waals surface area contributed by atoms with Crippen LogP contribution < -0.4 is 5.73 Å². The molecular formula is C14H20N4O2. The van der Waals surface area contributed by atoms with Gasteiger partial charge in [-0.2, -0.15) is 0 Å². The van der Waals surface area contributed by atoms with Gasteiger partial charge in [0.2, 0.25) is 5.91 Å². The Labute approximate surface area is 118 Å². The molecule has 2 heterocycles. The van der Waals surface area contributed by atoms with E-state index in [0.29, 0.717) is 44.0 Å². The molecule has 2 rings (SSSR count). The predicted molar refractivity (Wildman–Crippen MR) is 74.9 cm³/mol. The third-order valence-corrected chi connectivity index (χ3v) is 3.50. The number of hydrogen-bond acceptors (Lipinski definition) is 4. The number of pyridine rings is 1. The number of hydrogen-bond donors (Lipinski definition) is 1. The minimum Gasteiger partial charge on any atom is -0.341 e. The van der Waals surface area contributed by atoms with E-state index in [0.717, 1.165) is 6.42 Å². The van der Waals surface area contributed by atoms with Crippen LogP contribution in [0.4, 0.5) is 0 Å². The number of rotatable bonds is 2. The van der Waals surface area contributed by atoms with Crippen LogP contribution in [0.2, 0.25) is 0 Å². The maximum atomic E-state index is 12.5. The first-order chi connectivity index (χ1) is 9.61. The van der Waals surface area contributed by atoms with Crippen molar-refractivity contribution < 1.29 is 9.59 Å². The molecule has 0 unspecified atom stereocenters. The summed E-state index contributed by atoms with van der Waals surface area (Å²) in [7, 11) is 0. The van der Waals surface area contributed by atoms with E-state index in [1.165, 1.54) is 0 Å². The molecule has 0 saturated carbocycles. The topological polar surface area (TPSA) is 79.5 Å². The van der Waals surface area contributed by atoms with Crippen LogP contribution >= 0.6 is 0 Å². The molecule has 1 fully saturated rings. The van der Waals surface area contributed by atoms with Crippen LogP contribution in [0.15, 0.2) is 18.3 Å². The highest BCUT2D eigenvalue weighted by molar-refractivity contribution is 5.94. The molecule has 1 aromatic heterocycles. The number of carbonyl (C=O) groups is 2. The summed E-state index contributed by atoms with van der Waals surface area (Å²) >= 11 is 0. The SMILES string of the molecule is CC(=O)N1CCCN(C(=O)c2ccnc(CN)c2)CC1. The molecule has 0 spiro atoms. The predicted octanol–water partition coefficient (Wildman–Crippen LogP) is 0.235. The Morgan fingerprint density at radius 1 is 1.25 bits per heavy atom. The zero-order valence-electron chi connectivity index (χ0n) is 11.7. The Morgan fingerprint density at radius 3 is 2.65 bits per heavy atom. The van der Waals surface area contributed by atoms with E-state index in [1.54, 1.807) is 35.1 Å². The van der Waals surface area contributed by atoms with Crippen molar-refractivity contribution in [1.29, 1.82) is 0 Å². The van der Waals surface area contributed by atoms with Gasteiger partial charge in [-0.15, -0.1) is 0 Å². The number of nitrogens with two attached hydrogens (primary N) is 1. The molecule has 108 valence electrons. The second-order valence-corrected chi connectivity index (χ2v) is 4.89. The van der Waals surface area contributed by atoms with Crippen molar-refractivity contribution in [2.45, 2.75) is 19.9 Å². The van der Waals surface area contributed by atoms with E-state index < -0.39 is 0 Å². The van der Waals surface area contributed by atoms with Crippen LogP contribution in [0.25, 0.3) is 0 Å². The quantitative estimate of drug-likeness (QED) is 0.839. The number of carbonyl (C=O) groups excluding carboxylic acids is 2. The van der Waals surface area contributed by atoms with Crippen molar-refractivity contribution >= 4 is 11.8 Å². The Bertz CT molecular complexity index is 504. The average Bonchev–Trinajstić information content (AvgIpc) is 2.72. The van der Waals surface area contributed by atoms with Gasteiger partial charge in [0.15, 0.2) is 0 Å². The van der Waals surface area contributed by atoms with E-state index in [9.17, 15) is 9.59 Å². The summed E-state index contributed by atoms with van der Waals surface area (Å²) in [5.74, 6) is 0.0427. The van der Waals surface area contributed by atoms with E-state index in [2.05, 4.69) is 4.98 Å². The van der Waals surface area contributed by atoms with E-state index in [-0.39, 0.29) is 11.8 Å². The molecule has 2 amide bonds. The minimum absolute atomic E-state index is 0.0208. The summed E-state index contributed by atoms with van der Waals surface area (Å²) in [5, 5.41) is 0. The van der Waals surface area contributed by atoms with Crippen molar-refractivity contribution in [3.05, 3.63) is 29.6 Å². The molecular weight excluding hydrogens is 256 g/mol. The fourth-order valence-corrected chi connectivity index (χ4v) is 2.34. The lowest BCUT2D eigenvalue weighted by Crippen LogP contribution is -2.36. The summed E-state index contributed by atoms with van der Waals surface area (Å²) in [6, 6.07) is 3.44. The second-order valence-electron chi connectivity index (χ2n) is 4.89. The van der Waals surface area contributed by atoms with Crippen LogP contribution in [-0.4, -0.2) is 52.8 Å². The molecule has 2 N–H and O–H groups in total. The Hall–Kier alpha value is -1.95. The van der Waals surface area contributed by atoms with Crippen molar-refractivity contribution in [3.8, 4) is 0 Å². The standard InChI is InChI=1S/C14H20N4O2/c1-11(19)17-5-2-6-18(8-7-17)14(20)12-3-4-16-13(9-12)10-15/h3-4,9H,2,5-8,10,15H2,1H3. The van der Waals surface area contributed by atoms with Crippen LogP contribution in [0.1, 0.15) is 29.4 Å². The monoisotopic (exact) mass is 276 g/mol. The van der Waals surface area contributed by atoms with Crippen LogP contribution in [0.5, 0.6) is 0 Å². The van der Waals surface area contributed by atoms with Crippen LogP contribution in [0, 0.1) is 0 Å². The lowest BCUT2D eigenvalue weighted by molar-refractivity contribution is -0.128. The zero-order chi connectivity index (χ0) is 14.5. The van der Waals surface area contributed by atoms with Gasteiger partial charge in [-0.05, 0) is 18.6 Å². The Morgan fingerprint density at radius 2 is 1.95 bits per heavy atom. The third-order valence-electron chi connectivity index (χ3n) is 3.50. The smallest absolute Gasteiger partial charge is 0.254 e. The lowest BCUT2D eigenvalue weighted by atomic mass is 10.2. The number of aromatic nitrogens is 1. The molecule has 0 aliphatic carbocycles. The molecule has 6 heteroatoms. The first kappa shape index (κ1) is 14.5. The molecule has 1 saturated heterocycles. The highest BCUT2D eigenvalue weighted by atomic mass is 16.2. The number of amides is 2. The lowest BCUT2D eigenvalue weighted by Gasteiger charge is -2.21. The van der Waals surface area contributed by atoms with Crippen LogP contribution in [-0.2, 0) is 11.3 Å². The molecule has 0 atom stereocenters. The summed E-state index contributed by atoms with van der Waals surface area (Å²) in [6.07, 6.45) is 2.41. The van der Waals surface area contributed by atoms with Gasteiger partial charge in [0.1, 0.15) is 0 Å². The fraction of sp³-hybridized carbons (Fsp3) is 0.500. The van der Waals surface area contributed by atoms with E-state index >= 15 is 0 Å². The summed E-state index contributed by atoms with van der Waals surface area (Å²) < 4.78 is 0. The molecule has 20 heavy (non-hydrogen) atoms. The van der Waals surface area contributed by atoms with Gasteiger partial charge in [0.25, 0.3) is 5.91 Å². The van der Waals surface area contributed by atoms with Gasteiger partial charge >= 0.3 is 0 Å². The van der Waals surface area contributed by atoms with Gasteiger partial charge in [-0.3, -0.25) is 14.6 Å². The maximum absolute atomic E-state index is 12.5. The molecule has 0 bridgehead atoms.